The molecule has 0 saturated carbocycles. The molecule has 6 heteroatoms. The van der Waals surface area contributed by atoms with E-state index in [0.717, 1.165) is 12.0 Å². The molecule has 3 aromatic carbocycles. The van der Waals surface area contributed by atoms with Crippen molar-refractivity contribution in [2.24, 2.45) is 0 Å². The largest absolute Gasteiger partial charge is 0.457 e. The predicted octanol–water partition coefficient (Wildman–Crippen LogP) is 4.17. The van der Waals surface area contributed by atoms with Gasteiger partial charge in [0.15, 0.2) is 6.29 Å². The number of aldehydes is 1. The van der Waals surface area contributed by atoms with Crippen LogP contribution in [0.4, 0.5) is 11.4 Å². The van der Waals surface area contributed by atoms with E-state index in [0.29, 0.717) is 22.7 Å². The van der Waals surface area contributed by atoms with Crippen LogP contribution in [-0.4, -0.2) is 6.29 Å². The molecule has 126 valence electrons. The van der Waals surface area contributed by atoms with Gasteiger partial charge in [-0.25, -0.2) is 5.48 Å². The summed E-state index contributed by atoms with van der Waals surface area (Å²) >= 11 is 0. The molecule has 0 saturated heterocycles. The van der Waals surface area contributed by atoms with Crippen LogP contribution in [0, 0.1) is 0 Å². The lowest BCUT2D eigenvalue weighted by molar-refractivity contribution is 0.108. The van der Waals surface area contributed by atoms with Gasteiger partial charge in [-0.2, -0.15) is 4.94 Å². The highest BCUT2D eigenvalue weighted by atomic mass is 16.8. The Hall–Kier alpha value is -3.35. The SMILES string of the molecule is O=Cc1cc(NONNc2ccccc2)ccc1Oc1ccccc1. The van der Waals surface area contributed by atoms with Crippen LogP contribution < -0.4 is 21.2 Å². The molecule has 0 fully saturated rings. The fourth-order valence-corrected chi connectivity index (χ4v) is 2.10. The van der Waals surface area contributed by atoms with Gasteiger partial charge in [0.1, 0.15) is 11.5 Å². The Morgan fingerprint density at radius 3 is 2.24 bits per heavy atom. The highest BCUT2D eigenvalue weighted by Gasteiger charge is 2.06. The van der Waals surface area contributed by atoms with Gasteiger partial charge in [-0.15, -0.1) is 0 Å². The molecule has 0 spiro atoms. The van der Waals surface area contributed by atoms with Crippen LogP contribution in [0.5, 0.6) is 11.5 Å². The first-order chi connectivity index (χ1) is 12.3. The Balaban J connectivity index is 1.56. The zero-order chi connectivity index (χ0) is 17.3. The van der Waals surface area contributed by atoms with Gasteiger partial charge in [-0.05, 0) is 42.5 Å². The average Bonchev–Trinajstić information content (AvgIpc) is 2.68. The van der Waals surface area contributed by atoms with Gasteiger partial charge in [-0.3, -0.25) is 10.2 Å². The molecule has 0 unspecified atom stereocenters. The van der Waals surface area contributed by atoms with E-state index in [4.69, 9.17) is 9.68 Å². The number of rotatable bonds is 8. The van der Waals surface area contributed by atoms with Crippen molar-refractivity contribution in [2.45, 2.75) is 0 Å². The predicted molar refractivity (Wildman–Crippen MR) is 96.3 cm³/mol. The van der Waals surface area contributed by atoms with Gasteiger partial charge in [0, 0.05) is 0 Å². The number of nitrogens with one attached hydrogen (secondary N) is 3. The third-order valence-corrected chi connectivity index (χ3v) is 3.30. The molecule has 0 radical (unpaired) electrons. The number of hydrazine groups is 1. The van der Waals surface area contributed by atoms with Crippen molar-refractivity contribution in [2.75, 3.05) is 10.9 Å². The molecule has 0 heterocycles. The molecule has 3 N–H and O–H groups in total. The zero-order valence-electron chi connectivity index (χ0n) is 13.3. The molecular formula is C19H17N3O3. The van der Waals surface area contributed by atoms with E-state index in [1.807, 2.05) is 60.7 Å². The van der Waals surface area contributed by atoms with Gasteiger partial charge in [0.05, 0.1) is 16.9 Å². The summed E-state index contributed by atoms with van der Waals surface area (Å²) < 4.78 is 5.71. The van der Waals surface area contributed by atoms with Crippen LogP contribution in [0.25, 0.3) is 0 Å². The number of benzene rings is 3. The van der Waals surface area contributed by atoms with Crippen molar-refractivity contribution in [3.05, 3.63) is 84.4 Å². The molecule has 3 rings (SSSR count). The fraction of sp³-hybridized carbons (Fsp3) is 0. The molecule has 0 atom stereocenters. The zero-order valence-corrected chi connectivity index (χ0v) is 13.3. The monoisotopic (exact) mass is 335 g/mol. The molecule has 0 aliphatic rings. The quantitative estimate of drug-likeness (QED) is 0.326. The van der Waals surface area contributed by atoms with Crippen molar-refractivity contribution in [3.8, 4) is 11.5 Å². The minimum absolute atomic E-state index is 0.411. The summed E-state index contributed by atoms with van der Waals surface area (Å²) in [5.41, 5.74) is 9.98. The number of ether oxygens (including phenoxy) is 1. The minimum Gasteiger partial charge on any atom is -0.457 e. The molecule has 0 aromatic heterocycles. The second kappa shape index (κ2) is 8.49. The Morgan fingerprint density at radius 2 is 1.52 bits per heavy atom. The minimum atomic E-state index is 0.411. The van der Waals surface area contributed by atoms with Crippen LogP contribution >= 0.6 is 0 Å². The summed E-state index contributed by atoms with van der Waals surface area (Å²) in [6.45, 7) is 0. The third-order valence-electron chi connectivity index (χ3n) is 3.30. The lowest BCUT2D eigenvalue weighted by Crippen LogP contribution is -2.25. The average molecular weight is 335 g/mol. The lowest BCUT2D eigenvalue weighted by Gasteiger charge is -2.12. The number of hydrogen-bond donors (Lipinski definition) is 3. The molecular weight excluding hydrogens is 318 g/mol. The summed E-state index contributed by atoms with van der Waals surface area (Å²) in [5, 5.41) is 0. The Morgan fingerprint density at radius 1 is 0.800 bits per heavy atom. The molecule has 0 aliphatic heterocycles. The maximum atomic E-state index is 11.3. The van der Waals surface area contributed by atoms with E-state index in [-0.39, 0.29) is 0 Å². The Kier molecular flexibility index (Phi) is 5.60. The van der Waals surface area contributed by atoms with E-state index in [1.54, 1.807) is 18.2 Å². The van der Waals surface area contributed by atoms with Crippen LogP contribution in [0.15, 0.2) is 78.9 Å². The lowest BCUT2D eigenvalue weighted by atomic mass is 10.2. The van der Waals surface area contributed by atoms with Gasteiger partial charge >= 0.3 is 0 Å². The maximum Gasteiger partial charge on any atom is 0.153 e. The highest BCUT2D eigenvalue weighted by Crippen LogP contribution is 2.26. The first kappa shape index (κ1) is 16.5. The summed E-state index contributed by atoms with van der Waals surface area (Å²) in [4.78, 5) is 16.4. The normalized spacial score (nSPS) is 10.1. The maximum absolute atomic E-state index is 11.3. The second-order valence-corrected chi connectivity index (χ2v) is 5.08. The van der Waals surface area contributed by atoms with Crippen molar-refractivity contribution >= 4 is 17.7 Å². The van der Waals surface area contributed by atoms with E-state index in [9.17, 15) is 4.79 Å². The van der Waals surface area contributed by atoms with Gasteiger partial charge < -0.3 is 4.74 Å². The molecule has 6 nitrogen and oxygen atoms in total. The van der Waals surface area contributed by atoms with Gasteiger partial charge in [0.25, 0.3) is 0 Å². The summed E-state index contributed by atoms with van der Waals surface area (Å²) in [6, 6.07) is 23.9. The van der Waals surface area contributed by atoms with Crippen molar-refractivity contribution in [1.29, 1.82) is 0 Å². The molecule has 25 heavy (non-hydrogen) atoms. The number of para-hydroxylation sites is 2. The molecule has 3 aromatic rings. The van der Waals surface area contributed by atoms with E-state index in [1.165, 1.54) is 0 Å². The van der Waals surface area contributed by atoms with Crippen molar-refractivity contribution < 1.29 is 14.5 Å². The van der Waals surface area contributed by atoms with Gasteiger partial charge in [0.2, 0.25) is 0 Å². The Labute approximate surface area is 145 Å². The van der Waals surface area contributed by atoms with Crippen molar-refractivity contribution in [3.63, 3.8) is 0 Å². The first-order valence-electron chi connectivity index (χ1n) is 7.65. The number of hydrogen-bond acceptors (Lipinski definition) is 6. The number of carbonyl (C=O) groups is 1. The van der Waals surface area contributed by atoms with E-state index in [2.05, 4.69) is 16.5 Å². The second-order valence-electron chi connectivity index (χ2n) is 5.08. The first-order valence-corrected chi connectivity index (χ1v) is 7.65. The fourth-order valence-electron chi connectivity index (χ4n) is 2.10. The summed E-state index contributed by atoms with van der Waals surface area (Å²) in [7, 11) is 0. The molecule has 0 aliphatic carbocycles. The van der Waals surface area contributed by atoms with E-state index < -0.39 is 0 Å². The Bertz CT molecular complexity index is 811. The van der Waals surface area contributed by atoms with Crippen LogP contribution in [0.3, 0.4) is 0 Å². The smallest absolute Gasteiger partial charge is 0.153 e. The highest BCUT2D eigenvalue weighted by molar-refractivity contribution is 5.81. The van der Waals surface area contributed by atoms with Crippen molar-refractivity contribution in [1.82, 2.24) is 5.59 Å². The summed E-state index contributed by atoms with van der Waals surface area (Å²) in [6.07, 6.45) is 0.735. The van der Waals surface area contributed by atoms with Crippen LogP contribution in [-0.2, 0) is 4.94 Å². The number of carbonyl (C=O) groups excluding carboxylic acids is 1. The standard InChI is InChI=1S/C19H17N3O3/c23-14-15-13-17(21-25-22-20-16-7-3-1-4-8-16)11-12-19(15)24-18-9-5-2-6-10-18/h1-14,20-22H. The molecule has 0 bridgehead atoms. The third kappa shape index (κ3) is 4.81. The summed E-state index contributed by atoms with van der Waals surface area (Å²) in [5.74, 6) is 1.14. The van der Waals surface area contributed by atoms with Gasteiger partial charge in [-0.1, -0.05) is 42.0 Å². The van der Waals surface area contributed by atoms with Crippen LogP contribution in [0.2, 0.25) is 0 Å². The number of anilines is 2. The molecule has 0 amide bonds. The topological polar surface area (TPSA) is 71.6 Å². The van der Waals surface area contributed by atoms with E-state index >= 15 is 0 Å². The van der Waals surface area contributed by atoms with Crippen LogP contribution in [0.1, 0.15) is 10.4 Å².